The Morgan fingerprint density at radius 1 is 1.06 bits per heavy atom. The van der Waals surface area contributed by atoms with Gasteiger partial charge >= 0.3 is 5.97 Å². The van der Waals surface area contributed by atoms with E-state index in [0.717, 1.165) is 23.4 Å². The first-order valence-corrected chi connectivity index (χ1v) is 9.45. The topological polar surface area (TPSA) is 126 Å². The molecule has 0 unspecified atom stereocenters. The molecule has 0 fully saturated rings. The minimum Gasteiger partial charge on any atom is -0.497 e. The lowest BCUT2D eigenvalue weighted by Crippen LogP contribution is -2.30. The number of carbonyl (C=O) groups is 2. The number of benzene rings is 2. The maximum atomic E-state index is 12.4. The summed E-state index contributed by atoms with van der Waals surface area (Å²) in [6.07, 6.45) is 0.575. The van der Waals surface area contributed by atoms with Crippen LogP contribution in [0.15, 0.2) is 36.4 Å². The van der Waals surface area contributed by atoms with Crippen LogP contribution in [0.5, 0.6) is 17.2 Å². The van der Waals surface area contributed by atoms with Crippen LogP contribution in [0.1, 0.15) is 22.8 Å². The fraction of sp³-hybridized carbons (Fsp3) is 0.333. The number of methoxy groups -OCH3 is 2. The zero-order valence-electron chi connectivity index (χ0n) is 17.5. The average molecular weight is 432 g/mol. The van der Waals surface area contributed by atoms with Crippen molar-refractivity contribution in [3.63, 3.8) is 0 Å². The molecule has 0 spiro atoms. The molecule has 0 radical (unpaired) electrons. The van der Waals surface area contributed by atoms with E-state index in [0.29, 0.717) is 13.0 Å². The summed E-state index contributed by atoms with van der Waals surface area (Å²) in [4.78, 5) is 34.9. The summed E-state index contributed by atoms with van der Waals surface area (Å²) >= 11 is 0. The molecule has 0 saturated heterocycles. The number of rotatable bonds is 11. The van der Waals surface area contributed by atoms with Gasteiger partial charge in [0.2, 0.25) is 0 Å². The van der Waals surface area contributed by atoms with Gasteiger partial charge in [-0.15, -0.1) is 0 Å². The van der Waals surface area contributed by atoms with Crippen LogP contribution < -0.4 is 19.5 Å². The number of ether oxygens (including phenoxy) is 4. The first kappa shape index (κ1) is 23.5. The summed E-state index contributed by atoms with van der Waals surface area (Å²) in [5, 5.41) is 14.0. The number of nitrogens with zero attached hydrogens (tertiary/aromatic N) is 1. The van der Waals surface area contributed by atoms with E-state index in [1.54, 1.807) is 14.0 Å². The van der Waals surface area contributed by atoms with Gasteiger partial charge in [-0.05, 0) is 31.0 Å². The van der Waals surface area contributed by atoms with E-state index in [1.165, 1.54) is 7.11 Å². The maximum Gasteiger partial charge on any atom is 0.345 e. The van der Waals surface area contributed by atoms with Crippen molar-refractivity contribution in [3.8, 4) is 17.2 Å². The number of hydrogen-bond donors (Lipinski definition) is 1. The number of nitro benzene ring substituents is 1. The Hall–Kier alpha value is -3.82. The van der Waals surface area contributed by atoms with Gasteiger partial charge in [0.1, 0.15) is 11.3 Å². The molecule has 0 aromatic heterocycles. The van der Waals surface area contributed by atoms with Gasteiger partial charge in [-0.3, -0.25) is 14.9 Å². The molecule has 2 rings (SSSR count). The summed E-state index contributed by atoms with van der Waals surface area (Å²) < 4.78 is 20.4. The molecule has 0 aliphatic rings. The monoisotopic (exact) mass is 432 g/mol. The van der Waals surface area contributed by atoms with Crippen molar-refractivity contribution < 1.29 is 33.5 Å². The molecule has 1 N–H and O–H groups in total. The molecule has 0 heterocycles. The Balaban J connectivity index is 1.94. The lowest BCUT2D eigenvalue weighted by Gasteiger charge is -2.12. The maximum absolute atomic E-state index is 12.4. The molecule has 2 aromatic carbocycles. The number of nitrogens with one attached hydrogen (secondary N) is 1. The Morgan fingerprint density at radius 3 is 2.35 bits per heavy atom. The van der Waals surface area contributed by atoms with E-state index in [2.05, 4.69) is 5.32 Å². The molecule has 31 heavy (non-hydrogen) atoms. The highest BCUT2D eigenvalue weighted by atomic mass is 16.6. The molecule has 0 atom stereocenters. The molecule has 0 saturated carbocycles. The van der Waals surface area contributed by atoms with Crippen LogP contribution in [0, 0.1) is 10.1 Å². The second-order valence-electron chi connectivity index (χ2n) is 6.23. The Bertz CT molecular complexity index is 928. The quantitative estimate of drug-likeness (QED) is 0.326. The van der Waals surface area contributed by atoms with Crippen molar-refractivity contribution in [3.05, 3.63) is 57.6 Å². The van der Waals surface area contributed by atoms with Crippen molar-refractivity contribution in [1.82, 2.24) is 5.32 Å². The predicted octanol–water partition coefficient (Wildman–Crippen LogP) is 2.53. The summed E-state index contributed by atoms with van der Waals surface area (Å²) in [6, 6.07) is 9.64. The van der Waals surface area contributed by atoms with Crippen LogP contribution in [-0.2, 0) is 16.0 Å². The smallest absolute Gasteiger partial charge is 0.345 e. The number of esters is 1. The van der Waals surface area contributed by atoms with Gasteiger partial charge in [0, 0.05) is 12.6 Å². The van der Waals surface area contributed by atoms with Crippen molar-refractivity contribution in [2.75, 3.05) is 34.0 Å². The lowest BCUT2D eigenvalue weighted by atomic mass is 10.1. The molecule has 166 valence electrons. The molecule has 10 heteroatoms. The summed E-state index contributed by atoms with van der Waals surface area (Å²) in [5.41, 5.74) is 0.153. The van der Waals surface area contributed by atoms with E-state index in [1.807, 2.05) is 24.3 Å². The average Bonchev–Trinajstić information content (AvgIpc) is 2.77. The molecule has 1 amide bonds. The highest BCUT2D eigenvalue weighted by molar-refractivity contribution is 5.96. The zero-order valence-corrected chi connectivity index (χ0v) is 17.5. The van der Waals surface area contributed by atoms with Gasteiger partial charge in [0.15, 0.2) is 18.1 Å². The Labute approximate surface area is 179 Å². The van der Waals surface area contributed by atoms with Crippen LogP contribution in [0.2, 0.25) is 0 Å². The van der Waals surface area contributed by atoms with Gasteiger partial charge in [-0.2, -0.15) is 0 Å². The summed E-state index contributed by atoms with van der Waals surface area (Å²) in [6.45, 7) is 1.72. The van der Waals surface area contributed by atoms with Gasteiger partial charge in [-0.25, -0.2) is 4.79 Å². The van der Waals surface area contributed by atoms with Gasteiger partial charge in [-0.1, -0.05) is 12.1 Å². The van der Waals surface area contributed by atoms with E-state index in [4.69, 9.17) is 18.9 Å². The summed E-state index contributed by atoms with van der Waals surface area (Å²) in [5.74, 6) is -0.534. The SMILES string of the molecule is CCOc1cc([N+](=O)[O-])c(C(=O)OCC(=O)NCCc2ccc(OC)cc2)cc1OC. The second kappa shape index (κ2) is 11.4. The molecular formula is C21H24N2O8. The zero-order chi connectivity index (χ0) is 22.8. The number of hydrogen-bond acceptors (Lipinski definition) is 8. The third-order valence-corrected chi connectivity index (χ3v) is 4.23. The molecular weight excluding hydrogens is 408 g/mol. The molecule has 10 nitrogen and oxygen atoms in total. The van der Waals surface area contributed by atoms with Gasteiger partial charge < -0.3 is 24.3 Å². The van der Waals surface area contributed by atoms with Crippen molar-refractivity contribution in [1.29, 1.82) is 0 Å². The fourth-order valence-electron chi connectivity index (χ4n) is 2.69. The first-order chi connectivity index (χ1) is 14.9. The van der Waals surface area contributed by atoms with Crippen LogP contribution in [0.3, 0.4) is 0 Å². The van der Waals surface area contributed by atoms with Crippen molar-refractivity contribution >= 4 is 17.6 Å². The second-order valence-corrected chi connectivity index (χ2v) is 6.23. The number of nitro groups is 1. The van der Waals surface area contributed by atoms with Crippen molar-refractivity contribution in [2.24, 2.45) is 0 Å². The standard InChI is InChI=1S/C21H24N2O8/c1-4-30-19-12-17(23(26)27)16(11-18(19)29-3)21(25)31-13-20(24)22-10-9-14-5-7-15(28-2)8-6-14/h5-8,11-12H,4,9-10,13H2,1-3H3,(H,22,24). The van der Waals surface area contributed by atoms with E-state index in [9.17, 15) is 19.7 Å². The van der Waals surface area contributed by atoms with Gasteiger partial charge in [0.25, 0.3) is 11.6 Å². The minimum atomic E-state index is -1.02. The summed E-state index contributed by atoms with van der Waals surface area (Å²) in [7, 11) is 2.92. The number of carbonyl (C=O) groups excluding carboxylic acids is 2. The van der Waals surface area contributed by atoms with E-state index >= 15 is 0 Å². The normalized spacial score (nSPS) is 10.2. The third kappa shape index (κ3) is 6.59. The predicted molar refractivity (Wildman–Crippen MR) is 111 cm³/mol. The molecule has 0 bridgehead atoms. The first-order valence-electron chi connectivity index (χ1n) is 9.45. The third-order valence-electron chi connectivity index (χ3n) is 4.23. The molecule has 2 aromatic rings. The molecule has 0 aliphatic carbocycles. The van der Waals surface area contributed by atoms with E-state index in [-0.39, 0.29) is 23.7 Å². The Morgan fingerprint density at radius 2 is 1.77 bits per heavy atom. The highest BCUT2D eigenvalue weighted by Gasteiger charge is 2.26. The van der Waals surface area contributed by atoms with Crippen LogP contribution >= 0.6 is 0 Å². The molecule has 0 aliphatic heterocycles. The lowest BCUT2D eigenvalue weighted by molar-refractivity contribution is -0.385. The van der Waals surface area contributed by atoms with Gasteiger partial charge in [0.05, 0.1) is 31.8 Å². The van der Waals surface area contributed by atoms with Crippen LogP contribution in [-0.4, -0.2) is 50.8 Å². The van der Waals surface area contributed by atoms with Crippen LogP contribution in [0.25, 0.3) is 0 Å². The number of amides is 1. The van der Waals surface area contributed by atoms with E-state index < -0.39 is 29.1 Å². The minimum absolute atomic E-state index is 0.129. The van der Waals surface area contributed by atoms with Crippen molar-refractivity contribution in [2.45, 2.75) is 13.3 Å². The fourth-order valence-corrected chi connectivity index (χ4v) is 2.69. The Kier molecular flexibility index (Phi) is 8.62. The largest absolute Gasteiger partial charge is 0.497 e. The van der Waals surface area contributed by atoms with Crippen LogP contribution in [0.4, 0.5) is 5.69 Å². The highest BCUT2D eigenvalue weighted by Crippen LogP contribution is 2.35.